The molecule has 7 heteroatoms. The second-order valence-corrected chi connectivity index (χ2v) is 9.06. The maximum absolute atomic E-state index is 13.8. The Morgan fingerprint density at radius 1 is 1.06 bits per heavy atom. The van der Waals surface area contributed by atoms with Crippen LogP contribution >= 0.6 is 0 Å². The largest absolute Gasteiger partial charge is 0.351 e. The van der Waals surface area contributed by atoms with Crippen LogP contribution in [0.15, 0.2) is 48.5 Å². The molecule has 1 aliphatic carbocycles. The molecule has 0 unspecified atom stereocenters. The van der Waals surface area contributed by atoms with E-state index >= 15 is 0 Å². The van der Waals surface area contributed by atoms with Crippen molar-refractivity contribution in [1.29, 1.82) is 0 Å². The molecule has 0 saturated heterocycles. The molecule has 1 N–H and O–H groups in total. The number of hydrogen-bond acceptors (Lipinski definition) is 3. The lowest BCUT2D eigenvalue weighted by atomic mass is 9.93. The normalized spacial score (nSPS) is 21.9. The number of nitrogens with one attached hydrogen (secondary N) is 1. The fourth-order valence-electron chi connectivity index (χ4n) is 5.03. The van der Waals surface area contributed by atoms with Gasteiger partial charge in [-0.25, -0.2) is 9.37 Å². The number of carbonyl (C=O) groups excluding carboxylic acids is 2. The van der Waals surface area contributed by atoms with Crippen LogP contribution < -0.4 is 10.2 Å². The number of benzene rings is 2. The third-order valence-corrected chi connectivity index (χ3v) is 6.77. The third-order valence-electron chi connectivity index (χ3n) is 6.77. The Hall–Kier alpha value is -3.22. The van der Waals surface area contributed by atoms with Crippen molar-refractivity contribution in [3.8, 4) is 0 Å². The van der Waals surface area contributed by atoms with Crippen LogP contribution in [-0.2, 0) is 11.3 Å². The van der Waals surface area contributed by atoms with Gasteiger partial charge in [0, 0.05) is 11.7 Å². The van der Waals surface area contributed by atoms with E-state index in [0.717, 1.165) is 31.2 Å². The lowest BCUT2D eigenvalue weighted by molar-refractivity contribution is -0.127. The first-order valence-corrected chi connectivity index (χ1v) is 11.3. The van der Waals surface area contributed by atoms with E-state index in [0.29, 0.717) is 11.2 Å². The van der Waals surface area contributed by atoms with E-state index in [2.05, 4.69) is 10.3 Å². The second-order valence-electron chi connectivity index (χ2n) is 9.06. The van der Waals surface area contributed by atoms with Gasteiger partial charge < -0.3 is 9.88 Å². The summed E-state index contributed by atoms with van der Waals surface area (Å²) in [5.41, 5.74) is 0.831. The first-order valence-electron chi connectivity index (χ1n) is 11.3. The molecule has 2 aliphatic rings. The Balaban J connectivity index is 1.59. The van der Waals surface area contributed by atoms with Crippen LogP contribution in [0.2, 0.25) is 0 Å². The zero-order valence-electron chi connectivity index (χ0n) is 18.2. The highest BCUT2D eigenvalue weighted by molar-refractivity contribution is 6.12. The van der Waals surface area contributed by atoms with E-state index in [1.807, 2.05) is 28.8 Å². The van der Waals surface area contributed by atoms with E-state index in [1.54, 1.807) is 19.1 Å². The Kier molecular flexibility index (Phi) is 5.19. The predicted molar refractivity (Wildman–Crippen MR) is 121 cm³/mol. The molecule has 3 aromatic rings. The lowest BCUT2D eigenvalue weighted by Crippen LogP contribution is -2.65. The van der Waals surface area contributed by atoms with Crippen molar-refractivity contribution in [3.63, 3.8) is 0 Å². The molecular formula is C25H27FN4O2. The van der Waals surface area contributed by atoms with E-state index in [1.165, 1.54) is 29.9 Å². The second kappa shape index (κ2) is 8.04. The summed E-state index contributed by atoms with van der Waals surface area (Å²) in [5.74, 6) is -0.659. The topological polar surface area (TPSA) is 67.2 Å². The van der Waals surface area contributed by atoms with Crippen molar-refractivity contribution in [1.82, 2.24) is 14.9 Å². The van der Waals surface area contributed by atoms with Crippen molar-refractivity contribution < 1.29 is 14.0 Å². The highest BCUT2D eigenvalue weighted by Crippen LogP contribution is 2.35. The van der Waals surface area contributed by atoms with Gasteiger partial charge in [-0.3, -0.25) is 14.5 Å². The summed E-state index contributed by atoms with van der Waals surface area (Å²) in [4.78, 5) is 33.5. The van der Waals surface area contributed by atoms with E-state index in [-0.39, 0.29) is 30.2 Å². The lowest BCUT2D eigenvalue weighted by Gasteiger charge is -2.44. The van der Waals surface area contributed by atoms with Crippen molar-refractivity contribution in [3.05, 3.63) is 60.2 Å². The van der Waals surface area contributed by atoms with Gasteiger partial charge in [0.1, 0.15) is 11.4 Å². The molecule has 6 nitrogen and oxygen atoms in total. The van der Waals surface area contributed by atoms with Crippen LogP contribution in [-0.4, -0.2) is 32.9 Å². The van der Waals surface area contributed by atoms with E-state index < -0.39 is 11.4 Å². The highest BCUT2D eigenvalue weighted by atomic mass is 19.1. The van der Waals surface area contributed by atoms with Gasteiger partial charge in [-0.15, -0.1) is 0 Å². The SMILES string of the molecule is C[C@@]1(C(=O)NC2CCCCCC2)Cn2c(nc3ccccc32)C(=O)N1c1ccc(F)cc1. The molecule has 166 valence electrons. The Morgan fingerprint density at radius 2 is 1.75 bits per heavy atom. The number of hydrogen-bond donors (Lipinski definition) is 1. The van der Waals surface area contributed by atoms with Gasteiger partial charge in [-0.05, 0) is 56.2 Å². The average Bonchev–Trinajstić information content (AvgIpc) is 2.96. The molecule has 1 saturated carbocycles. The standard InChI is InChI=1S/C25H27FN4O2/c1-25(24(32)27-18-8-4-2-3-5-9-18)16-29-21-11-7-6-10-20(21)28-22(29)23(31)30(25)19-14-12-17(26)13-15-19/h6-7,10-15,18H,2-5,8-9,16H2,1H3,(H,27,32)/t25-/m0/s1. The molecule has 2 heterocycles. The Labute approximate surface area is 186 Å². The number of imidazole rings is 1. The van der Waals surface area contributed by atoms with E-state index in [4.69, 9.17) is 0 Å². The molecule has 1 aromatic heterocycles. The molecule has 5 rings (SSSR count). The minimum Gasteiger partial charge on any atom is -0.351 e. The summed E-state index contributed by atoms with van der Waals surface area (Å²) in [6, 6.07) is 13.4. The zero-order chi connectivity index (χ0) is 22.3. The molecular weight excluding hydrogens is 407 g/mol. The number of carbonyl (C=O) groups is 2. The fourth-order valence-corrected chi connectivity index (χ4v) is 5.03. The van der Waals surface area contributed by atoms with Crippen molar-refractivity contribution in [2.24, 2.45) is 0 Å². The smallest absolute Gasteiger partial charge is 0.295 e. The maximum atomic E-state index is 13.8. The van der Waals surface area contributed by atoms with Gasteiger partial charge in [-0.2, -0.15) is 0 Å². The first-order chi connectivity index (χ1) is 15.5. The fraction of sp³-hybridized carbons (Fsp3) is 0.400. The molecule has 0 radical (unpaired) electrons. The van der Waals surface area contributed by atoms with Crippen molar-refractivity contribution in [2.45, 2.75) is 63.6 Å². The number of fused-ring (bicyclic) bond motifs is 3. The maximum Gasteiger partial charge on any atom is 0.295 e. The summed E-state index contributed by atoms with van der Waals surface area (Å²) in [7, 11) is 0. The van der Waals surface area contributed by atoms with Gasteiger partial charge in [0.2, 0.25) is 11.7 Å². The van der Waals surface area contributed by atoms with Gasteiger partial charge in [-0.1, -0.05) is 37.8 Å². The Bertz CT molecular complexity index is 1160. The monoisotopic (exact) mass is 434 g/mol. The minimum atomic E-state index is -1.18. The molecule has 0 spiro atoms. The summed E-state index contributed by atoms with van der Waals surface area (Å²) < 4.78 is 15.5. The van der Waals surface area contributed by atoms with E-state index in [9.17, 15) is 14.0 Å². The summed E-state index contributed by atoms with van der Waals surface area (Å²) in [6.45, 7) is 2.06. The first kappa shape index (κ1) is 20.7. The molecule has 1 aliphatic heterocycles. The molecule has 1 atom stereocenters. The highest BCUT2D eigenvalue weighted by Gasteiger charge is 2.49. The van der Waals surface area contributed by atoms with Gasteiger partial charge in [0.25, 0.3) is 5.91 Å². The number of rotatable bonds is 3. The minimum absolute atomic E-state index is 0.105. The van der Waals surface area contributed by atoms with Gasteiger partial charge in [0.15, 0.2) is 0 Å². The van der Waals surface area contributed by atoms with Crippen LogP contribution in [0.4, 0.5) is 10.1 Å². The van der Waals surface area contributed by atoms with Crippen LogP contribution in [0, 0.1) is 5.82 Å². The zero-order valence-corrected chi connectivity index (χ0v) is 18.2. The van der Waals surface area contributed by atoms with Crippen LogP contribution in [0.3, 0.4) is 0 Å². The van der Waals surface area contributed by atoms with Crippen molar-refractivity contribution in [2.75, 3.05) is 4.90 Å². The summed E-state index contributed by atoms with van der Waals surface area (Å²) >= 11 is 0. The number of halogens is 1. The number of aromatic nitrogens is 2. The molecule has 2 amide bonds. The molecule has 32 heavy (non-hydrogen) atoms. The van der Waals surface area contributed by atoms with Gasteiger partial charge >= 0.3 is 0 Å². The Morgan fingerprint density at radius 3 is 2.47 bits per heavy atom. The third kappa shape index (κ3) is 3.45. The molecule has 1 fully saturated rings. The van der Waals surface area contributed by atoms with Crippen LogP contribution in [0.5, 0.6) is 0 Å². The van der Waals surface area contributed by atoms with Gasteiger partial charge in [0.05, 0.1) is 17.6 Å². The van der Waals surface area contributed by atoms with Crippen LogP contribution in [0.1, 0.15) is 56.1 Å². The number of para-hydroxylation sites is 2. The van der Waals surface area contributed by atoms with Crippen LogP contribution in [0.25, 0.3) is 11.0 Å². The number of anilines is 1. The predicted octanol–water partition coefficient (Wildman–Crippen LogP) is 4.43. The molecule has 2 aromatic carbocycles. The van der Waals surface area contributed by atoms with Crippen molar-refractivity contribution >= 4 is 28.5 Å². The summed E-state index contributed by atoms with van der Waals surface area (Å²) in [5, 5.41) is 3.23. The number of nitrogens with zero attached hydrogens (tertiary/aromatic N) is 3. The average molecular weight is 435 g/mol. The molecule has 0 bridgehead atoms. The number of amides is 2. The summed E-state index contributed by atoms with van der Waals surface area (Å²) in [6.07, 6.45) is 6.47. The quantitative estimate of drug-likeness (QED) is 0.620.